The van der Waals surface area contributed by atoms with E-state index in [4.69, 9.17) is 16.3 Å². The topological polar surface area (TPSA) is 37.9 Å². The van der Waals surface area contributed by atoms with Crippen molar-refractivity contribution in [1.82, 2.24) is 9.97 Å². The van der Waals surface area contributed by atoms with Crippen LogP contribution in [0.15, 0.2) is 71.2 Å². The van der Waals surface area contributed by atoms with E-state index in [0.29, 0.717) is 11.6 Å². The molecule has 0 aliphatic carbocycles. The third kappa shape index (κ3) is 3.55. The highest BCUT2D eigenvalue weighted by molar-refractivity contribution is 9.10. The number of halogens is 2. The Balaban J connectivity index is 1.68. The van der Waals surface area contributed by atoms with Gasteiger partial charge in [0.25, 0.3) is 0 Å². The van der Waals surface area contributed by atoms with Gasteiger partial charge in [-0.3, -0.25) is 0 Å². The van der Waals surface area contributed by atoms with Crippen molar-refractivity contribution in [3.8, 4) is 17.1 Å². The Bertz CT molecular complexity index is 1010. The number of imidazole rings is 1. The standard InChI is InChI=1S/C20H14BrClN2O/c21-14-8-9-19(25-12-13-4-3-5-15(22)10-13)16(11-14)20-23-17-6-1-2-7-18(17)24-20/h1-11H,12H2,(H,23,24). The van der Waals surface area contributed by atoms with E-state index < -0.39 is 0 Å². The summed E-state index contributed by atoms with van der Waals surface area (Å²) in [6.45, 7) is 0.440. The molecule has 25 heavy (non-hydrogen) atoms. The number of benzene rings is 3. The second kappa shape index (κ2) is 6.90. The van der Waals surface area contributed by atoms with E-state index in [-0.39, 0.29) is 0 Å². The largest absolute Gasteiger partial charge is 0.488 e. The first kappa shape index (κ1) is 16.2. The molecule has 1 heterocycles. The predicted molar refractivity (Wildman–Crippen MR) is 105 cm³/mol. The number of nitrogens with zero attached hydrogens (tertiary/aromatic N) is 1. The van der Waals surface area contributed by atoms with E-state index in [1.54, 1.807) is 0 Å². The average Bonchev–Trinajstić information content (AvgIpc) is 3.05. The van der Waals surface area contributed by atoms with E-state index in [2.05, 4.69) is 25.9 Å². The van der Waals surface area contributed by atoms with Crippen LogP contribution in [-0.2, 0) is 6.61 Å². The van der Waals surface area contributed by atoms with Gasteiger partial charge in [0.1, 0.15) is 18.2 Å². The summed E-state index contributed by atoms with van der Waals surface area (Å²) in [4.78, 5) is 8.03. The van der Waals surface area contributed by atoms with E-state index >= 15 is 0 Å². The van der Waals surface area contributed by atoms with Crippen molar-refractivity contribution < 1.29 is 4.74 Å². The van der Waals surface area contributed by atoms with Crippen LogP contribution in [0.2, 0.25) is 5.02 Å². The van der Waals surface area contributed by atoms with Gasteiger partial charge in [0.15, 0.2) is 0 Å². The Labute approximate surface area is 158 Å². The number of hydrogen-bond donors (Lipinski definition) is 1. The van der Waals surface area contributed by atoms with E-state index in [0.717, 1.165) is 38.2 Å². The number of aromatic nitrogens is 2. The first-order valence-electron chi connectivity index (χ1n) is 7.81. The Morgan fingerprint density at radius 2 is 1.88 bits per heavy atom. The molecule has 0 saturated carbocycles. The van der Waals surface area contributed by atoms with Gasteiger partial charge in [-0.2, -0.15) is 0 Å². The fourth-order valence-corrected chi connectivity index (χ4v) is 3.26. The fraction of sp³-hybridized carbons (Fsp3) is 0.0500. The normalized spacial score (nSPS) is 11.0. The van der Waals surface area contributed by atoms with Crippen LogP contribution in [0.4, 0.5) is 0 Å². The number of rotatable bonds is 4. The number of fused-ring (bicyclic) bond motifs is 1. The molecule has 124 valence electrons. The lowest BCUT2D eigenvalue weighted by molar-refractivity contribution is 0.307. The van der Waals surface area contributed by atoms with E-state index in [1.807, 2.05) is 66.7 Å². The molecule has 0 unspecified atom stereocenters. The van der Waals surface area contributed by atoms with Gasteiger partial charge in [0.2, 0.25) is 0 Å². The summed E-state index contributed by atoms with van der Waals surface area (Å²) >= 11 is 9.57. The number of hydrogen-bond acceptors (Lipinski definition) is 2. The highest BCUT2D eigenvalue weighted by atomic mass is 79.9. The minimum absolute atomic E-state index is 0.440. The zero-order valence-electron chi connectivity index (χ0n) is 13.2. The second-order valence-corrected chi connectivity index (χ2v) is 7.01. The van der Waals surface area contributed by atoms with Crippen LogP contribution in [0.25, 0.3) is 22.4 Å². The Kier molecular flexibility index (Phi) is 4.47. The summed E-state index contributed by atoms with van der Waals surface area (Å²) in [5, 5.41) is 0.703. The molecule has 1 N–H and O–H groups in total. The number of aromatic amines is 1. The number of H-pyrrole nitrogens is 1. The van der Waals surface area contributed by atoms with Crippen LogP contribution < -0.4 is 4.74 Å². The van der Waals surface area contributed by atoms with Crippen LogP contribution in [0.1, 0.15) is 5.56 Å². The number of para-hydroxylation sites is 2. The summed E-state index contributed by atoms with van der Waals surface area (Å²) in [5.41, 5.74) is 3.86. The minimum atomic E-state index is 0.440. The minimum Gasteiger partial charge on any atom is -0.488 e. The molecule has 0 bridgehead atoms. The van der Waals surface area contributed by atoms with Gasteiger partial charge in [-0.05, 0) is 48.0 Å². The molecule has 0 aliphatic rings. The highest BCUT2D eigenvalue weighted by Crippen LogP contribution is 2.33. The Morgan fingerprint density at radius 3 is 2.72 bits per heavy atom. The van der Waals surface area contributed by atoms with Crippen LogP contribution in [0.3, 0.4) is 0 Å². The van der Waals surface area contributed by atoms with Crippen molar-refractivity contribution >= 4 is 38.6 Å². The van der Waals surface area contributed by atoms with Gasteiger partial charge in [-0.15, -0.1) is 0 Å². The van der Waals surface area contributed by atoms with Gasteiger partial charge >= 0.3 is 0 Å². The molecule has 0 radical (unpaired) electrons. The summed E-state index contributed by atoms with van der Waals surface area (Å²) in [6.07, 6.45) is 0. The zero-order chi connectivity index (χ0) is 17.2. The van der Waals surface area contributed by atoms with Crippen LogP contribution >= 0.6 is 27.5 Å². The molecular formula is C20H14BrClN2O. The molecular weight excluding hydrogens is 400 g/mol. The van der Waals surface area contributed by atoms with Crippen molar-refractivity contribution in [3.63, 3.8) is 0 Å². The second-order valence-electron chi connectivity index (χ2n) is 5.66. The third-order valence-electron chi connectivity index (χ3n) is 3.87. The molecule has 3 nitrogen and oxygen atoms in total. The SMILES string of the molecule is Clc1cccc(COc2ccc(Br)cc2-c2nc3ccccc3[nH]2)c1. The number of nitrogens with one attached hydrogen (secondary N) is 1. The van der Waals surface area contributed by atoms with Crippen LogP contribution in [0.5, 0.6) is 5.75 Å². The zero-order valence-corrected chi connectivity index (χ0v) is 15.5. The molecule has 0 spiro atoms. The smallest absolute Gasteiger partial charge is 0.142 e. The lowest BCUT2D eigenvalue weighted by atomic mass is 10.2. The molecule has 0 fully saturated rings. The lowest BCUT2D eigenvalue weighted by Crippen LogP contribution is -1.97. The predicted octanol–water partition coefficient (Wildman–Crippen LogP) is 6.22. The first-order valence-corrected chi connectivity index (χ1v) is 8.98. The highest BCUT2D eigenvalue weighted by Gasteiger charge is 2.12. The molecule has 5 heteroatoms. The molecule has 0 saturated heterocycles. The molecule has 0 atom stereocenters. The van der Waals surface area contributed by atoms with Crippen molar-refractivity contribution in [2.24, 2.45) is 0 Å². The quantitative estimate of drug-likeness (QED) is 0.431. The summed E-state index contributed by atoms with van der Waals surface area (Å²) < 4.78 is 7.01. The third-order valence-corrected chi connectivity index (χ3v) is 4.60. The molecule has 3 aromatic carbocycles. The van der Waals surface area contributed by atoms with E-state index in [1.165, 1.54) is 0 Å². The maximum Gasteiger partial charge on any atom is 0.142 e. The molecule has 4 rings (SSSR count). The maximum atomic E-state index is 6.04. The van der Waals surface area contributed by atoms with Gasteiger partial charge in [-0.1, -0.05) is 51.8 Å². The Hall–Kier alpha value is -2.30. The van der Waals surface area contributed by atoms with Crippen molar-refractivity contribution in [2.75, 3.05) is 0 Å². The van der Waals surface area contributed by atoms with Crippen molar-refractivity contribution in [2.45, 2.75) is 6.61 Å². The van der Waals surface area contributed by atoms with Crippen LogP contribution in [-0.4, -0.2) is 9.97 Å². The summed E-state index contributed by atoms with van der Waals surface area (Å²) in [6, 6.07) is 21.5. The first-order chi connectivity index (χ1) is 12.2. The van der Waals surface area contributed by atoms with E-state index in [9.17, 15) is 0 Å². The maximum absolute atomic E-state index is 6.04. The number of ether oxygens (including phenoxy) is 1. The summed E-state index contributed by atoms with van der Waals surface area (Å²) in [7, 11) is 0. The van der Waals surface area contributed by atoms with Crippen molar-refractivity contribution in [1.29, 1.82) is 0 Å². The summed E-state index contributed by atoms with van der Waals surface area (Å²) in [5.74, 6) is 1.55. The average molecular weight is 414 g/mol. The van der Waals surface area contributed by atoms with Gasteiger partial charge in [0.05, 0.1) is 16.6 Å². The Morgan fingerprint density at radius 1 is 1.00 bits per heavy atom. The fourth-order valence-electron chi connectivity index (χ4n) is 2.68. The van der Waals surface area contributed by atoms with Crippen LogP contribution in [0, 0.1) is 0 Å². The molecule has 0 aliphatic heterocycles. The van der Waals surface area contributed by atoms with Crippen molar-refractivity contribution in [3.05, 3.63) is 81.8 Å². The van der Waals surface area contributed by atoms with Gasteiger partial charge in [0, 0.05) is 9.50 Å². The molecule has 0 amide bonds. The monoisotopic (exact) mass is 412 g/mol. The molecule has 1 aromatic heterocycles. The lowest BCUT2D eigenvalue weighted by Gasteiger charge is -2.11. The van der Waals surface area contributed by atoms with Gasteiger partial charge in [-0.25, -0.2) is 4.98 Å². The van der Waals surface area contributed by atoms with Gasteiger partial charge < -0.3 is 9.72 Å². The molecule has 4 aromatic rings.